The average molecular weight is 267 g/mol. The van der Waals surface area contributed by atoms with E-state index in [0.29, 0.717) is 13.2 Å². The van der Waals surface area contributed by atoms with Crippen LogP contribution in [0.15, 0.2) is 18.2 Å². The number of hydrogen-bond acceptors (Lipinski definition) is 4. The predicted octanol–water partition coefficient (Wildman–Crippen LogP) is 0.205. The molecule has 1 fully saturated rings. The molecule has 1 aliphatic rings. The fourth-order valence-corrected chi connectivity index (χ4v) is 1.72. The Morgan fingerprint density at radius 1 is 1.53 bits per heavy atom. The van der Waals surface area contributed by atoms with Gasteiger partial charge >= 0.3 is 0 Å². The number of ether oxygens (including phenoxy) is 1. The Hall–Kier alpha value is -2.15. The molecule has 1 aliphatic heterocycles. The first-order valence-electron chi connectivity index (χ1n) is 5.76. The number of amides is 2. The number of nitrogen functional groups attached to an aromatic ring is 1. The monoisotopic (exact) mass is 267 g/mol. The van der Waals surface area contributed by atoms with Crippen molar-refractivity contribution in [1.29, 1.82) is 0 Å². The van der Waals surface area contributed by atoms with Crippen LogP contribution in [-0.2, 0) is 14.3 Å². The first-order valence-corrected chi connectivity index (χ1v) is 5.76. The number of anilines is 2. The standard InChI is InChI=1S/C12H14FN3O3/c13-8-1-2-9(14)10(5-8)15-11(17)6-16-3-4-19-7-12(16)18/h1-2,5H,3-4,6-7,14H2,(H,15,17). The molecule has 0 bridgehead atoms. The molecule has 0 spiro atoms. The van der Waals surface area contributed by atoms with Crippen LogP contribution in [0.2, 0.25) is 0 Å². The van der Waals surface area contributed by atoms with E-state index in [9.17, 15) is 14.0 Å². The summed E-state index contributed by atoms with van der Waals surface area (Å²) in [5.74, 6) is -1.16. The van der Waals surface area contributed by atoms with E-state index in [0.717, 1.165) is 6.07 Å². The molecule has 1 saturated heterocycles. The lowest BCUT2D eigenvalue weighted by Gasteiger charge is -2.26. The van der Waals surface area contributed by atoms with Crippen LogP contribution in [0, 0.1) is 5.82 Å². The molecule has 2 amide bonds. The van der Waals surface area contributed by atoms with Crippen molar-refractivity contribution in [2.75, 3.05) is 37.4 Å². The zero-order chi connectivity index (χ0) is 13.8. The highest BCUT2D eigenvalue weighted by Gasteiger charge is 2.21. The van der Waals surface area contributed by atoms with Crippen LogP contribution in [0.3, 0.4) is 0 Å². The highest BCUT2D eigenvalue weighted by molar-refractivity contribution is 5.97. The van der Waals surface area contributed by atoms with Crippen LogP contribution in [0.4, 0.5) is 15.8 Å². The molecule has 0 aromatic heterocycles. The van der Waals surface area contributed by atoms with Crippen LogP contribution < -0.4 is 11.1 Å². The fraction of sp³-hybridized carbons (Fsp3) is 0.333. The van der Waals surface area contributed by atoms with Crippen molar-refractivity contribution in [3.05, 3.63) is 24.0 Å². The van der Waals surface area contributed by atoms with E-state index in [4.69, 9.17) is 10.5 Å². The number of halogens is 1. The van der Waals surface area contributed by atoms with E-state index < -0.39 is 11.7 Å². The third-order valence-electron chi connectivity index (χ3n) is 2.71. The summed E-state index contributed by atoms with van der Waals surface area (Å²) in [4.78, 5) is 24.6. The van der Waals surface area contributed by atoms with Gasteiger partial charge in [0.15, 0.2) is 0 Å². The first kappa shape index (κ1) is 13.3. The van der Waals surface area contributed by atoms with Crippen molar-refractivity contribution in [3.8, 4) is 0 Å². The highest BCUT2D eigenvalue weighted by Crippen LogP contribution is 2.19. The molecule has 0 aliphatic carbocycles. The molecule has 1 heterocycles. The lowest BCUT2D eigenvalue weighted by molar-refractivity contribution is -0.144. The number of nitrogens with zero attached hydrogens (tertiary/aromatic N) is 1. The van der Waals surface area contributed by atoms with E-state index in [1.807, 2.05) is 0 Å². The van der Waals surface area contributed by atoms with Crippen LogP contribution in [0.5, 0.6) is 0 Å². The molecule has 0 unspecified atom stereocenters. The van der Waals surface area contributed by atoms with E-state index in [2.05, 4.69) is 5.32 Å². The Bertz CT molecular complexity index is 507. The SMILES string of the molecule is Nc1ccc(F)cc1NC(=O)CN1CCOCC1=O. The zero-order valence-corrected chi connectivity index (χ0v) is 10.2. The lowest BCUT2D eigenvalue weighted by Crippen LogP contribution is -2.45. The van der Waals surface area contributed by atoms with Gasteiger partial charge in [-0.3, -0.25) is 9.59 Å². The Morgan fingerprint density at radius 3 is 3.05 bits per heavy atom. The summed E-state index contributed by atoms with van der Waals surface area (Å²) in [6.45, 7) is 0.652. The van der Waals surface area contributed by atoms with E-state index >= 15 is 0 Å². The van der Waals surface area contributed by atoms with Gasteiger partial charge in [-0.2, -0.15) is 0 Å². The molecular weight excluding hydrogens is 253 g/mol. The van der Waals surface area contributed by atoms with Crippen molar-refractivity contribution in [3.63, 3.8) is 0 Å². The Morgan fingerprint density at radius 2 is 2.32 bits per heavy atom. The molecule has 3 N–H and O–H groups in total. The van der Waals surface area contributed by atoms with Gasteiger partial charge in [0.25, 0.3) is 0 Å². The second kappa shape index (κ2) is 5.66. The molecular formula is C12H14FN3O3. The smallest absolute Gasteiger partial charge is 0.249 e. The van der Waals surface area contributed by atoms with Gasteiger partial charge in [-0.05, 0) is 18.2 Å². The number of rotatable bonds is 3. The fourth-order valence-electron chi connectivity index (χ4n) is 1.72. The number of carbonyl (C=O) groups excluding carboxylic acids is 2. The second-order valence-electron chi connectivity index (χ2n) is 4.15. The molecule has 1 aromatic carbocycles. The number of carbonyl (C=O) groups is 2. The maximum atomic E-state index is 13.0. The van der Waals surface area contributed by atoms with Crippen molar-refractivity contribution in [2.24, 2.45) is 0 Å². The van der Waals surface area contributed by atoms with Gasteiger partial charge in [0.2, 0.25) is 11.8 Å². The largest absolute Gasteiger partial charge is 0.397 e. The van der Waals surface area contributed by atoms with Crippen molar-refractivity contribution in [2.45, 2.75) is 0 Å². The normalized spacial score (nSPS) is 15.4. The molecule has 1 aromatic rings. The highest BCUT2D eigenvalue weighted by atomic mass is 19.1. The van der Waals surface area contributed by atoms with Crippen LogP contribution in [0.25, 0.3) is 0 Å². The van der Waals surface area contributed by atoms with Gasteiger partial charge in [-0.1, -0.05) is 0 Å². The number of nitrogens with two attached hydrogens (primary N) is 1. The third-order valence-corrected chi connectivity index (χ3v) is 2.71. The van der Waals surface area contributed by atoms with Crippen LogP contribution in [0.1, 0.15) is 0 Å². The quantitative estimate of drug-likeness (QED) is 0.766. The summed E-state index contributed by atoms with van der Waals surface area (Å²) in [5.41, 5.74) is 6.08. The maximum Gasteiger partial charge on any atom is 0.249 e. The predicted molar refractivity (Wildman–Crippen MR) is 66.8 cm³/mol. The maximum absolute atomic E-state index is 13.0. The van der Waals surface area contributed by atoms with Gasteiger partial charge in [0, 0.05) is 6.54 Å². The Balaban J connectivity index is 1.97. The molecule has 19 heavy (non-hydrogen) atoms. The minimum atomic E-state index is -0.494. The van der Waals surface area contributed by atoms with Crippen LogP contribution >= 0.6 is 0 Å². The second-order valence-corrected chi connectivity index (χ2v) is 4.15. The summed E-state index contributed by atoms with van der Waals surface area (Å²) in [6, 6.07) is 3.70. The number of nitrogens with one attached hydrogen (secondary N) is 1. The molecule has 102 valence electrons. The van der Waals surface area contributed by atoms with Gasteiger partial charge in [-0.15, -0.1) is 0 Å². The van der Waals surface area contributed by atoms with Gasteiger partial charge in [0.1, 0.15) is 19.0 Å². The summed E-state index contributed by atoms with van der Waals surface area (Å²) >= 11 is 0. The Kier molecular flexibility index (Phi) is 3.96. The minimum absolute atomic E-state index is 0.0185. The summed E-state index contributed by atoms with van der Waals surface area (Å²) in [5, 5.41) is 2.48. The van der Waals surface area contributed by atoms with Gasteiger partial charge in [0.05, 0.1) is 18.0 Å². The molecule has 6 nitrogen and oxygen atoms in total. The van der Waals surface area contributed by atoms with Crippen molar-refractivity contribution < 1.29 is 18.7 Å². The number of benzene rings is 1. The van der Waals surface area contributed by atoms with E-state index in [1.54, 1.807) is 0 Å². The summed E-state index contributed by atoms with van der Waals surface area (Å²) in [6.07, 6.45) is 0. The lowest BCUT2D eigenvalue weighted by atomic mass is 10.2. The average Bonchev–Trinajstić information content (AvgIpc) is 2.37. The molecule has 0 saturated carbocycles. The Labute approximate surface area is 109 Å². The zero-order valence-electron chi connectivity index (χ0n) is 10.2. The van der Waals surface area contributed by atoms with Crippen molar-refractivity contribution in [1.82, 2.24) is 4.90 Å². The molecule has 0 radical (unpaired) electrons. The summed E-state index contributed by atoms with van der Waals surface area (Å²) in [7, 11) is 0. The number of hydrogen-bond donors (Lipinski definition) is 2. The van der Waals surface area contributed by atoms with Gasteiger partial charge < -0.3 is 20.7 Å². The number of morpholine rings is 1. The topological polar surface area (TPSA) is 84.7 Å². The van der Waals surface area contributed by atoms with E-state index in [-0.39, 0.29) is 30.4 Å². The van der Waals surface area contributed by atoms with Crippen molar-refractivity contribution >= 4 is 23.2 Å². The van der Waals surface area contributed by atoms with Crippen LogP contribution in [-0.4, -0.2) is 43.0 Å². The minimum Gasteiger partial charge on any atom is -0.397 e. The first-order chi connectivity index (χ1) is 9.06. The van der Waals surface area contributed by atoms with Gasteiger partial charge in [-0.25, -0.2) is 4.39 Å². The molecule has 2 rings (SSSR count). The molecule has 0 atom stereocenters. The molecule has 7 heteroatoms. The van der Waals surface area contributed by atoms with E-state index in [1.165, 1.54) is 17.0 Å². The summed E-state index contributed by atoms with van der Waals surface area (Å²) < 4.78 is 18.0. The third kappa shape index (κ3) is 3.41.